The van der Waals surface area contributed by atoms with Gasteiger partial charge < -0.3 is 9.30 Å². The highest BCUT2D eigenvalue weighted by Gasteiger charge is 2.13. The van der Waals surface area contributed by atoms with Gasteiger partial charge >= 0.3 is 0 Å². The first kappa shape index (κ1) is 19.7. The van der Waals surface area contributed by atoms with E-state index >= 15 is 0 Å². The molecule has 2 aromatic carbocycles. The average Bonchev–Trinajstić information content (AvgIpc) is 3.05. The second kappa shape index (κ2) is 8.76. The highest BCUT2D eigenvalue weighted by atomic mass is 35.5. The van der Waals surface area contributed by atoms with Gasteiger partial charge in [-0.2, -0.15) is 0 Å². The Kier molecular flexibility index (Phi) is 6.39. The van der Waals surface area contributed by atoms with Gasteiger partial charge in [-0.05, 0) is 61.7 Å². The summed E-state index contributed by atoms with van der Waals surface area (Å²) in [6, 6.07) is 10.3. The van der Waals surface area contributed by atoms with Gasteiger partial charge in [-0.25, -0.2) is 4.39 Å². The maximum atomic E-state index is 13.0. The Hall–Kier alpha value is -2.05. The highest BCUT2D eigenvalue weighted by molar-refractivity contribution is 7.98. The lowest BCUT2D eigenvalue weighted by Crippen LogP contribution is -2.07. The van der Waals surface area contributed by atoms with E-state index < -0.39 is 0 Å². The van der Waals surface area contributed by atoms with Crippen molar-refractivity contribution in [1.82, 2.24) is 14.8 Å². The van der Waals surface area contributed by atoms with Crippen molar-refractivity contribution in [1.29, 1.82) is 0 Å². The molecule has 0 radical (unpaired) electrons. The number of hydrogen-bond acceptors (Lipinski definition) is 4. The van der Waals surface area contributed by atoms with Crippen LogP contribution in [-0.4, -0.2) is 14.8 Å². The van der Waals surface area contributed by atoms with Crippen molar-refractivity contribution in [3.8, 4) is 5.75 Å². The van der Waals surface area contributed by atoms with E-state index in [9.17, 15) is 4.39 Å². The number of nitrogens with zero attached hydrogens (tertiary/aromatic N) is 3. The molecule has 0 bridgehead atoms. The Bertz CT molecular complexity index is 904. The van der Waals surface area contributed by atoms with Gasteiger partial charge in [-0.15, -0.1) is 10.2 Å². The molecule has 0 spiro atoms. The molecule has 3 aromatic rings. The molecule has 0 aliphatic heterocycles. The molecule has 27 heavy (non-hydrogen) atoms. The van der Waals surface area contributed by atoms with Crippen molar-refractivity contribution >= 4 is 23.4 Å². The van der Waals surface area contributed by atoms with Crippen LogP contribution in [0.15, 0.2) is 41.6 Å². The van der Waals surface area contributed by atoms with E-state index in [0.29, 0.717) is 12.4 Å². The summed E-state index contributed by atoms with van der Waals surface area (Å²) in [5.74, 6) is 2.01. The Morgan fingerprint density at radius 1 is 1.11 bits per heavy atom. The number of aryl methyl sites for hydroxylation is 2. The van der Waals surface area contributed by atoms with Gasteiger partial charge in [0.15, 0.2) is 11.0 Å². The number of rotatable bonds is 7. The van der Waals surface area contributed by atoms with Crippen LogP contribution >= 0.6 is 23.4 Å². The molecule has 1 heterocycles. The average molecular weight is 406 g/mol. The summed E-state index contributed by atoms with van der Waals surface area (Å²) < 4.78 is 21.0. The van der Waals surface area contributed by atoms with E-state index in [-0.39, 0.29) is 5.82 Å². The predicted octanol–water partition coefficient (Wildman–Crippen LogP) is 5.58. The molecule has 1 aromatic heterocycles. The standard InChI is InChI=1S/C20H21ClFN3OS/c1-4-25-18(11-26-17-9-13(2)19(21)14(3)10-17)23-24-20(25)27-12-15-5-7-16(22)8-6-15/h5-10H,4,11-12H2,1-3H3. The summed E-state index contributed by atoms with van der Waals surface area (Å²) in [5, 5.41) is 10.1. The Morgan fingerprint density at radius 3 is 2.41 bits per heavy atom. The van der Waals surface area contributed by atoms with Crippen molar-refractivity contribution in [2.24, 2.45) is 0 Å². The molecule has 0 aliphatic carbocycles. The molecule has 0 unspecified atom stereocenters. The lowest BCUT2D eigenvalue weighted by molar-refractivity contribution is 0.288. The second-order valence-corrected chi connectivity index (χ2v) is 7.54. The molecular formula is C20H21ClFN3OS. The fourth-order valence-electron chi connectivity index (χ4n) is 2.72. The van der Waals surface area contributed by atoms with E-state index in [1.807, 2.05) is 37.5 Å². The van der Waals surface area contributed by atoms with Crippen molar-refractivity contribution in [3.05, 3.63) is 69.8 Å². The summed E-state index contributed by atoms with van der Waals surface area (Å²) in [5.41, 5.74) is 3.01. The third kappa shape index (κ3) is 4.82. The maximum absolute atomic E-state index is 13.0. The summed E-state index contributed by atoms with van der Waals surface area (Å²) >= 11 is 7.78. The maximum Gasteiger partial charge on any atom is 0.191 e. The van der Waals surface area contributed by atoms with Crippen molar-refractivity contribution in [2.45, 2.75) is 44.8 Å². The molecule has 7 heteroatoms. The normalized spacial score (nSPS) is 11.0. The molecule has 0 amide bonds. The van der Waals surface area contributed by atoms with Gasteiger partial charge in [0.2, 0.25) is 0 Å². The van der Waals surface area contributed by atoms with E-state index in [0.717, 1.165) is 45.0 Å². The van der Waals surface area contributed by atoms with Crippen LogP contribution in [0.2, 0.25) is 5.02 Å². The Balaban J connectivity index is 1.67. The summed E-state index contributed by atoms with van der Waals surface area (Å²) in [4.78, 5) is 0. The Morgan fingerprint density at radius 2 is 1.78 bits per heavy atom. The van der Waals surface area contributed by atoms with Crippen LogP contribution in [0.1, 0.15) is 29.4 Å². The lowest BCUT2D eigenvalue weighted by atomic mass is 10.1. The number of halogens is 2. The topological polar surface area (TPSA) is 39.9 Å². The van der Waals surface area contributed by atoms with Crippen LogP contribution in [0.4, 0.5) is 4.39 Å². The van der Waals surface area contributed by atoms with Crippen LogP contribution in [0.5, 0.6) is 5.75 Å². The molecule has 0 N–H and O–H groups in total. The number of aromatic nitrogens is 3. The van der Waals surface area contributed by atoms with Crippen LogP contribution < -0.4 is 4.74 Å². The number of benzene rings is 2. The number of ether oxygens (including phenoxy) is 1. The molecule has 4 nitrogen and oxygen atoms in total. The quantitative estimate of drug-likeness (QED) is 0.481. The van der Waals surface area contributed by atoms with Gasteiger partial charge in [0.1, 0.15) is 18.2 Å². The van der Waals surface area contributed by atoms with E-state index in [1.165, 1.54) is 12.1 Å². The minimum atomic E-state index is -0.229. The van der Waals surface area contributed by atoms with Crippen LogP contribution in [0, 0.1) is 19.7 Å². The summed E-state index contributed by atoms with van der Waals surface area (Å²) in [6.07, 6.45) is 0. The fourth-order valence-corrected chi connectivity index (χ4v) is 3.80. The van der Waals surface area contributed by atoms with Crippen molar-refractivity contribution < 1.29 is 9.13 Å². The predicted molar refractivity (Wildman–Crippen MR) is 107 cm³/mol. The smallest absolute Gasteiger partial charge is 0.191 e. The number of thioether (sulfide) groups is 1. The lowest BCUT2D eigenvalue weighted by Gasteiger charge is -2.11. The first-order valence-electron chi connectivity index (χ1n) is 8.66. The minimum absolute atomic E-state index is 0.229. The van der Waals surface area contributed by atoms with E-state index in [4.69, 9.17) is 16.3 Å². The zero-order valence-corrected chi connectivity index (χ0v) is 17.1. The van der Waals surface area contributed by atoms with Gasteiger partial charge in [-0.3, -0.25) is 0 Å². The molecular weight excluding hydrogens is 385 g/mol. The van der Waals surface area contributed by atoms with E-state index in [1.54, 1.807) is 23.9 Å². The third-order valence-electron chi connectivity index (χ3n) is 4.17. The molecule has 0 atom stereocenters. The summed E-state index contributed by atoms with van der Waals surface area (Å²) in [7, 11) is 0. The largest absolute Gasteiger partial charge is 0.486 e. The third-order valence-corrected chi connectivity index (χ3v) is 5.80. The number of hydrogen-bond donors (Lipinski definition) is 0. The van der Waals surface area contributed by atoms with Gasteiger partial charge in [-0.1, -0.05) is 35.5 Å². The first-order chi connectivity index (χ1) is 13.0. The second-order valence-electron chi connectivity index (χ2n) is 6.22. The fraction of sp³-hybridized carbons (Fsp3) is 0.300. The van der Waals surface area contributed by atoms with Crippen molar-refractivity contribution in [3.63, 3.8) is 0 Å². The zero-order chi connectivity index (χ0) is 19.4. The summed E-state index contributed by atoms with van der Waals surface area (Å²) in [6.45, 7) is 7.04. The minimum Gasteiger partial charge on any atom is -0.486 e. The molecule has 142 valence electrons. The Labute approximate surface area is 167 Å². The molecule has 0 saturated carbocycles. The van der Waals surface area contributed by atoms with Crippen LogP contribution in [0.25, 0.3) is 0 Å². The van der Waals surface area contributed by atoms with Gasteiger partial charge in [0.05, 0.1) is 0 Å². The molecule has 0 fully saturated rings. The van der Waals surface area contributed by atoms with E-state index in [2.05, 4.69) is 10.2 Å². The van der Waals surface area contributed by atoms with Crippen LogP contribution in [-0.2, 0) is 18.9 Å². The zero-order valence-electron chi connectivity index (χ0n) is 15.5. The SMILES string of the molecule is CCn1c(COc2cc(C)c(Cl)c(C)c2)nnc1SCc1ccc(F)cc1. The molecule has 0 aliphatic rings. The van der Waals surface area contributed by atoms with Crippen LogP contribution in [0.3, 0.4) is 0 Å². The first-order valence-corrected chi connectivity index (χ1v) is 10.0. The van der Waals surface area contributed by atoms with Gasteiger partial charge in [0.25, 0.3) is 0 Å². The van der Waals surface area contributed by atoms with Crippen molar-refractivity contribution in [2.75, 3.05) is 0 Å². The molecule has 0 saturated heterocycles. The molecule has 3 rings (SSSR count). The van der Waals surface area contributed by atoms with Gasteiger partial charge in [0, 0.05) is 17.3 Å². The monoisotopic (exact) mass is 405 g/mol. The highest BCUT2D eigenvalue weighted by Crippen LogP contribution is 2.27.